The van der Waals surface area contributed by atoms with E-state index in [1.165, 1.54) is 0 Å². The van der Waals surface area contributed by atoms with Gasteiger partial charge in [-0.25, -0.2) is 9.50 Å². The molecule has 1 fully saturated rings. The molecule has 0 aromatic carbocycles. The molecule has 20 heavy (non-hydrogen) atoms. The molecule has 3 rings (SSSR count). The van der Waals surface area contributed by atoms with Crippen LogP contribution < -0.4 is 0 Å². The average molecular weight is 275 g/mol. The highest BCUT2D eigenvalue weighted by Gasteiger charge is 2.32. The molecule has 1 amide bonds. The van der Waals surface area contributed by atoms with E-state index in [0.717, 1.165) is 12.1 Å². The number of amides is 1. The summed E-state index contributed by atoms with van der Waals surface area (Å²) in [7, 11) is 0. The Kier molecular flexibility index (Phi) is 2.93. The minimum atomic E-state index is -0.832. The topological polar surface area (TPSA) is 83.6 Å². The van der Waals surface area contributed by atoms with Crippen molar-refractivity contribution in [3.05, 3.63) is 23.8 Å². The summed E-state index contributed by atoms with van der Waals surface area (Å²) in [5.74, 6) is 0.288. The van der Waals surface area contributed by atoms with Crippen molar-refractivity contribution in [2.75, 3.05) is 13.1 Å². The number of rotatable bonds is 1. The van der Waals surface area contributed by atoms with Crippen LogP contribution in [0.3, 0.4) is 0 Å². The highest BCUT2D eigenvalue weighted by molar-refractivity contribution is 5.91. The second-order valence-electron chi connectivity index (χ2n) is 5.56. The summed E-state index contributed by atoms with van der Waals surface area (Å²) < 4.78 is 1.55. The number of likely N-dealkylation sites (tertiary alicyclic amines) is 1. The van der Waals surface area contributed by atoms with Crippen molar-refractivity contribution < 1.29 is 9.90 Å². The number of carbonyl (C=O) groups excluding carboxylic acids is 1. The van der Waals surface area contributed by atoms with E-state index in [9.17, 15) is 9.90 Å². The molecule has 106 valence electrons. The van der Waals surface area contributed by atoms with E-state index in [2.05, 4.69) is 15.1 Å². The first kappa shape index (κ1) is 13.0. The number of β-amino-alcohol motifs (C(OH)–C–C–N with tert-alkyl or cyclic N) is 1. The Balaban J connectivity index is 1.91. The zero-order valence-electron chi connectivity index (χ0n) is 11.6. The van der Waals surface area contributed by atoms with Crippen molar-refractivity contribution in [3.8, 4) is 0 Å². The van der Waals surface area contributed by atoms with Crippen LogP contribution in [0.15, 0.2) is 12.3 Å². The number of aromatic nitrogens is 4. The minimum absolute atomic E-state index is 0.129. The lowest BCUT2D eigenvalue weighted by Crippen LogP contribution is -2.48. The van der Waals surface area contributed by atoms with Crippen molar-refractivity contribution in [1.29, 1.82) is 0 Å². The van der Waals surface area contributed by atoms with Gasteiger partial charge in [0, 0.05) is 25.0 Å². The summed E-state index contributed by atoms with van der Waals surface area (Å²) in [6, 6.07) is 1.81. The summed E-state index contributed by atoms with van der Waals surface area (Å²) in [4.78, 5) is 22.3. The SMILES string of the molecule is Cc1ccnc2nc(C(=O)N3CCCC(C)(O)C3)nn12. The third-order valence-electron chi connectivity index (χ3n) is 3.58. The Labute approximate surface area is 116 Å². The van der Waals surface area contributed by atoms with Crippen LogP contribution in [0, 0.1) is 6.92 Å². The lowest BCUT2D eigenvalue weighted by Gasteiger charge is -2.36. The Morgan fingerprint density at radius 3 is 3.00 bits per heavy atom. The summed E-state index contributed by atoms with van der Waals surface area (Å²) in [5, 5.41) is 14.3. The predicted octanol–water partition coefficient (Wildman–Crippen LogP) is 0.420. The van der Waals surface area contributed by atoms with Gasteiger partial charge in [0.25, 0.3) is 11.7 Å². The van der Waals surface area contributed by atoms with E-state index in [0.29, 0.717) is 25.3 Å². The smallest absolute Gasteiger partial charge is 0.293 e. The Hall–Kier alpha value is -2.02. The second-order valence-corrected chi connectivity index (χ2v) is 5.56. The van der Waals surface area contributed by atoms with Gasteiger partial charge in [0.2, 0.25) is 5.82 Å². The van der Waals surface area contributed by atoms with E-state index in [1.807, 2.05) is 13.0 Å². The predicted molar refractivity (Wildman–Crippen MR) is 71.3 cm³/mol. The monoisotopic (exact) mass is 275 g/mol. The van der Waals surface area contributed by atoms with Crippen molar-refractivity contribution in [2.45, 2.75) is 32.3 Å². The lowest BCUT2D eigenvalue weighted by atomic mass is 9.95. The van der Waals surface area contributed by atoms with Crippen LogP contribution in [-0.2, 0) is 0 Å². The van der Waals surface area contributed by atoms with Crippen molar-refractivity contribution in [2.24, 2.45) is 0 Å². The van der Waals surface area contributed by atoms with Gasteiger partial charge in [-0.2, -0.15) is 4.98 Å². The fraction of sp³-hybridized carbons (Fsp3) is 0.538. The first-order chi connectivity index (χ1) is 9.46. The van der Waals surface area contributed by atoms with Crippen LogP contribution in [0.25, 0.3) is 5.78 Å². The van der Waals surface area contributed by atoms with Gasteiger partial charge in [-0.3, -0.25) is 4.79 Å². The number of hydrogen-bond acceptors (Lipinski definition) is 5. The van der Waals surface area contributed by atoms with Gasteiger partial charge in [0.1, 0.15) is 0 Å². The van der Waals surface area contributed by atoms with Crippen LogP contribution in [0.5, 0.6) is 0 Å². The normalized spacial score (nSPS) is 23.2. The highest BCUT2D eigenvalue weighted by Crippen LogP contribution is 2.21. The average Bonchev–Trinajstić information content (AvgIpc) is 2.82. The molecule has 0 bridgehead atoms. The zero-order chi connectivity index (χ0) is 14.3. The standard InChI is InChI=1S/C13H17N5O2/c1-9-4-6-14-12-15-10(16-18(9)12)11(19)17-7-3-5-13(2,20)8-17/h4,6,20H,3,5,7-8H2,1-2H3. The van der Waals surface area contributed by atoms with E-state index < -0.39 is 5.60 Å². The molecule has 0 spiro atoms. The van der Waals surface area contributed by atoms with Gasteiger partial charge in [-0.1, -0.05) is 0 Å². The lowest BCUT2D eigenvalue weighted by molar-refractivity contribution is -0.0111. The van der Waals surface area contributed by atoms with E-state index in [-0.39, 0.29) is 11.7 Å². The number of hydrogen-bond donors (Lipinski definition) is 1. The fourth-order valence-corrected chi connectivity index (χ4v) is 2.53. The summed E-state index contributed by atoms with van der Waals surface area (Å²) >= 11 is 0. The maximum absolute atomic E-state index is 12.4. The zero-order valence-corrected chi connectivity index (χ0v) is 11.6. The molecule has 0 saturated carbocycles. The number of carbonyl (C=O) groups is 1. The molecule has 2 aromatic rings. The molecule has 3 heterocycles. The quantitative estimate of drug-likeness (QED) is 0.815. The minimum Gasteiger partial charge on any atom is -0.388 e. The third kappa shape index (κ3) is 2.24. The Morgan fingerprint density at radius 2 is 2.30 bits per heavy atom. The number of aliphatic hydroxyl groups is 1. The molecule has 1 saturated heterocycles. The van der Waals surface area contributed by atoms with E-state index in [1.54, 1.807) is 22.5 Å². The molecule has 1 atom stereocenters. The molecule has 1 unspecified atom stereocenters. The molecule has 7 nitrogen and oxygen atoms in total. The number of nitrogens with zero attached hydrogens (tertiary/aromatic N) is 5. The number of piperidine rings is 1. The molecular formula is C13H17N5O2. The van der Waals surface area contributed by atoms with E-state index in [4.69, 9.17) is 0 Å². The number of fused-ring (bicyclic) bond motifs is 1. The van der Waals surface area contributed by atoms with Crippen LogP contribution in [0.4, 0.5) is 0 Å². The van der Waals surface area contributed by atoms with Gasteiger partial charge in [0.15, 0.2) is 0 Å². The van der Waals surface area contributed by atoms with Gasteiger partial charge in [-0.05, 0) is 32.8 Å². The van der Waals surface area contributed by atoms with Crippen molar-refractivity contribution in [1.82, 2.24) is 24.5 Å². The second kappa shape index (κ2) is 4.52. The van der Waals surface area contributed by atoms with Gasteiger partial charge < -0.3 is 10.0 Å². The van der Waals surface area contributed by atoms with Crippen molar-refractivity contribution in [3.63, 3.8) is 0 Å². The molecule has 2 aromatic heterocycles. The Morgan fingerprint density at radius 1 is 1.50 bits per heavy atom. The molecule has 1 aliphatic rings. The van der Waals surface area contributed by atoms with E-state index >= 15 is 0 Å². The molecule has 1 aliphatic heterocycles. The first-order valence-corrected chi connectivity index (χ1v) is 6.66. The Bertz CT molecular complexity index is 664. The maximum Gasteiger partial charge on any atom is 0.293 e. The molecule has 0 aliphatic carbocycles. The maximum atomic E-state index is 12.4. The highest BCUT2D eigenvalue weighted by atomic mass is 16.3. The van der Waals surface area contributed by atoms with Gasteiger partial charge >= 0.3 is 0 Å². The van der Waals surface area contributed by atoms with Crippen molar-refractivity contribution >= 4 is 11.7 Å². The largest absolute Gasteiger partial charge is 0.388 e. The summed E-state index contributed by atoms with van der Waals surface area (Å²) in [5.41, 5.74) is 0.0357. The van der Waals surface area contributed by atoms with Gasteiger partial charge in [-0.15, -0.1) is 5.10 Å². The summed E-state index contributed by atoms with van der Waals surface area (Å²) in [6.45, 7) is 4.56. The first-order valence-electron chi connectivity index (χ1n) is 6.66. The van der Waals surface area contributed by atoms with Crippen LogP contribution >= 0.6 is 0 Å². The van der Waals surface area contributed by atoms with Gasteiger partial charge in [0.05, 0.1) is 5.60 Å². The molecule has 0 radical (unpaired) electrons. The molecule has 7 heteroatoms. The molecular weight excluding hydrogens is 258 g/mol. The van der Waals surface area contributed by atoms with Crippen LogP contribution in [0.2, 0.25) is 0 Å². The fourth-order valence-electron chi connectivity index (χ4n) is 2.53. The number of aryl methyl sites for hydroxylation is 1. The van der Waals surface area contributed by atoms with Crippen LogP contribution in [-0.4, -0.2) is 54.2 Å². The summed E-state index contributed by atoms with van der Waals surface area (Å²) in [6.07, 6.45) is 3.12. The van der Waals surface area contributed by atoms with Crippen LogP contribution in [0.1, 0.15) is 36.1 Å². The third-order valence-corrected chi connectivity index (χ3v) is 3.58. The molecule has 1 N–H and O–H groups in total.